The highest BCUT2D eigenvalue weighted by atomic mass is 16.5. The highest BCUT2D eigenvalue weighted by Crippen LogP contribution is 2.23. The fourth-order valence-corrected chi connectivity index (χ4v) is 3.25. The number of aryl methyl sites for hydroxylation is 1. The Kier molecular flexibility index (Phi) is 4.58. The van der Waals surface area contributed by atoms with Gasteiger partial charge < -0.3 is 15.2 Å². The molecule has 1 fully saturated rings. The van der Waals surface area contributed by atoms with Crippen LogP contribution in [0.15, 0.2) is 18.3 Å². The molecule has 1 saturated heterocycles. The maximum Gasteiger partial charge on any atom is 0.252 e. The monoisotopic (exact) mass is 332 g/mol. The van der Waals surface area contributed by atoms with E-state index in [4.69, 9.17) is 4.74 Å². The van der Waals surface area contributed by atoms with Gasteiger partial charge in [0.2, 0.25) is 0 Å². The molecule has 1 amide bonds. The van der Waals surface area contributed by atoms with Crippen LogP contribution in [0.1, 0.15) is 22.8 Å². The quantitative estimate of drug-likeness (QED) is 0.766. The summed E-state index contributed by atoms with van der Waals surface area (Å²) < 4.78 is 5.61. The summed E-state index contributed by atoms with van der Waals surface area (Å²) in [6.07, 6.45) is 1.66. The van der Waals surface area contributed by atoms with Crippen LogP contribution in [-0.2, 0) is 4.74 Å². The Labute approximate surface area is 141 Å². The van der Waals surface area contributed by atoms with E-state index >= 15 is 0 Å². The third kappa shape index (κ3) is 2.79. The lowest BCUT2D eigenvalue weighted by Crippen LogP contribution is -2.65. The highest BCUT2D eigenvalue weighted by Gasteiger charge is 2.40. The molecule has 2 atom stereocenters. The molecule has 2 aromatic rings. The molecule has 0 unspecified atom stereocenters. The molecule has 130 valence electrons. The number of carbonyl (C=O) groups is 1. The van der Waals surface area contributed by atoms with Crippen molar-refractivity contribution in [2.24, 2.45) is 0 Å². The highest BCUT2D eigenvalue weighted by molar-refractivity contribution is 6.07. The average Bonchev–Trinajstić information content (AvgIpc) is 3.04. The summed E-state index contributed by atoms with van der Waals surface area (Å²) in [5.41, 5.74) is 1.73. The second kappa shape index (κ2) is 6.51. The number of likely N-dealkylation sites (N-methyl/N-ethyl adjacent to an activating group) is 1. The topological polar surface area (TPSA) is 90.5 Å². The van der Waals surface area contributed by atoms with Crippen LogP contribution in [0, 0.1) is 6.92 Å². The van der Waals surface area contributed by atoms with Crippen molar-refractivity contribution in [1.82, 2.24) is 20.4 Å². The van der Waals surface area contributed by atoms with Gasteiger partial charge in [0.1, 0.15) is 0 Å². The van der Waals surface area contributed by atoms with Crippen LogP contribution in [0.2, 0.25) is 0 Å². The van der Waals surface area contributed by atoms with E-state index in [2.05, 4.69) is 20.4 Å². The van der Waals surface area contributed by atoms with Gasteiger partial charge in [-0.05, 0) is 32.5 Å². The van der Waals surface area contributed by atoms with Crippen molar-refractivity contribution < 1.29 is 14.6 Å². The number of amides is 1. The van der Waals surface area contributed by atoms with Crippen LogP contribution in [0.3, 0.4) is 0 Å². The average molecular weight is 332 g/mol. The van der Waals surface area contributed by atoms with Crippen molar-refractivity contribution in [2.75, 3.05) is 33.4 Å². The predicted molar refractivity (Wildman–Crippen MR) is 91.0 cm³/mol. The van der Waals surface area contributed by atoms with Gasteiger partial charge >= 0.3 is 0 Å². The summed E-state index contributed by atoms with van der Waals surface area (Å²) in [6, 6.07) is 3.99. The van der Waals surface area contributed by atoms with Gasteiger partial charge in [-0.1, -0.05) is 6.07 Å². The Morgan fingerprint density at radius 2 is 2.38 bits per heavy atom. The molecule has 0 aliphatic carbocycles. The smallest absolute Gasteiger partial charge is 0.252 e. The first-order valence-corrected chi connectivity index (χ1v) is 8.11. The first kappa shape index (κ1) is 16.9. The number of aromatic amines is 1. The third-order valence-corrected chi connectivity index (χ3v) is 5.07. The van der Waals surface area contributed by atoms with E-state index in [1.165, 1.54) is 0 Å². The van der Waals surface area contributed by atoms with Crippen molar-refractivity contribution in [3.63, 3.8) is 0 Å². The Morgan fingerprint density at radius 3 is 3.12 bits per heavy atom. The summed E-state index contributed by atoms with van der Waals surface area (Å²) in [6.45, 7) is 5.20. The molecule has 0 bridgehead atoms. The Hall–Kier alpha value is -1.96. The molecule has 1 aliphatic rings. The summed E-state index contributed by atoms with van der Waals surface area (Å²) >= 11 is 0. The number of nitrogens with zero attached hydrogens (tertiary/aromatic N) is 2. The molecule has 7 heteroatoms. The summed E-state index contributed by atoms with van der Waals surface area (Å²) in [7, 11) is 1.96. The summed E-state index contributed by atoms with van der Waals surface area (Å²) in [4.78, 5) is 14.9. The number of carbonyl (C=O) groups excluding carboxylic acids is 1. The zero-order chi connectivity index (χ0) is 17.3. The fraction of sp³-hybridized carbons (Fsp3) is 0.529. The third-order valence-electron chi connectivity index (χ3n) is 5.07. The molecular formula is C17H24N4O3. The molecule has 0 radical (unpaired) electrons. The lowest BCUT2D eigenvalue weighted by molar-refractivity contribution is -0.105. The van der Waals surface area contributed by atoms with Gasteiger partial charge in [-0.25, -0.2) is 0 Å². The zero-order valence-electron chi connectivity index (χ0n) is 14.3. The normalized spacial score (nSPS) is 25.1. The zero-order valence-corrected chi connectivity index (χ0v) is 14.3. The molecule has 3 N–H and O–H groups in total. The number of hydrogen-bond acceptors (Lipinski definition) is 5. The van der Waals surface area contributed by atoms with Crippen molar-refractivity contribution in [1.29, 1.82) is 0 Å². The number of aromatic nitrogens is 2. The number of rotatable bonds is 4. The Morgan fingerprint density at radius 1 is 1.58 bits per heavy atom. The second-order valence-corrected chi connectivity index (χ2v) is 6.63. The number of hydrogen-bond donors (Lipinski definition) is 3. The van der Waals surface area contributed by atoms with Crippen molar-refractivity contribution in [3.05, 3.63) is 29.5 Å². The number of H-pyrrole nitrogens is 1. The molecule has 1 aliphatic heterocycles. The molecular weight excluding hydrogens is 308 g/mol. The minimum atomic E-state index is -0.606. The van der Waals surface area contributed by atoms with Crippen molar-refractivity contribution in [3.8, 4) is 0 Å². The van der Waals surface area contributed by atoms with Crippen LogP contribution < -0.4 is 5.32 Å². The summed E-state index contributed by atoms with van der Waals surface area (Å²) in [5.74, 6) is -0.168. The van der Waals surface area contributed by atoms with Gasteiger partial charge in [-0.2, -0.15) is 5.10 Å². The van der Waals surface area contributed by atoms with E-state index in [-0.39, 0.29) is 18.6 Å². The number of aliphatic hydroxyl groups excluding tert-OH is 1. The number of benzene rings is 1. The van der Waals surface area contributed by atoms with Crippen molar-refractivity contribution in [2.45, 2.75) is 25.4 Å². The van der Waals surface area contributed by atoms with E-state index in [0.29, 0.717) is 25.3 Å². The van der Waals surface area contributed by atoms with Gasteiger partial charge in [-0.3, -0.25) is 14.8 Å². The van der Waals surface area contributed by atoms with Gasteiger partial charge in [0.15, 0.2) is 0 Å². The first-order chi connectivity index (χ1) is 11.5. The number of fused-ring (bicyclic) bond motifs is 1. The summed E-state index contributed by atoms with van der Waals surface area (Å²) in [5, 5.41) is 20.6. The van der Waals surface area contributed by atoms with Gasteiger partial charge in [0.25, 0.3) is 5.91 Å². The molecule has 3 rings (SSSR count). The molecule has 2 heterocycles. The molecule has 0 spiro atoms. The van der Waals surface area contributed by atoms with Crippen LogP contribution in [0.5, 0.6) is 0 Å². The minimum absolute atomic E-state index is 0.0803. The Bertz CT molecular complexity index is 745. The number of ether oxygens (including phenoxy) is 1. The van der Waals surface area contributed by atoms with Gasteiger partial charge in [0, 0.05) is 18.0 Å². The molecule has 0 saturated carbocycles. The van der Waals surface area contributed by atoms with Crippen LogP contribution >= 0.6 is 0 Å². The van der Waals surface area contributed by atoms with E-state index in [0.717, 1.165) is 16.5 Å². The maximum atomic E-state index is 12.8. The second-order valence-electron chi connectivity index (χ2n) is 6.63. The maximum absolute atomic E-state index is 12.8. The number of aliphatic hydroxyl groups is 1. The van der Waals surface area contributed by atoms with Crippen molar-refractivity contribution >= 4 is 16.8 Å². The van der Waals surface area contributed by atoms with Gasteiger partial charge in [0.05, 0.1) is 42.6 Å². The molecule has 1 aromatic heterocycles. The largest absolute Gasteiger partial charge is 0.394 e. The molecule has 24 heavy (non-hydrogen) atoms. The minimum Gasteiger partial charge on any atom is -0.394 e. The lowest BCUT2D eigenvalue weighted by atomic mass is 9.95. The lowest BCUT2D eigenvalue weighted by Gasteiger charge is -2.47. The van der Waals surface area contributed by atoms with E-state index in [9.17, 15) is 9.90 Å². The van der Waals surface area contributed by atoms with E-state index < -0.39 is 5.54 Å². The van der Waals surface area contributed by atoms with E-state index in [1.807, 2.05) is 33.0 Å². The number of morpholine rings is 1. The first-order valence-electron chi connectivity index (χ1n) is 8.11. The number of nitrogens with one attached hydrogen (secondary N) is 2. The molecule has 1 aromatic carbocycles. The van der Waals surface area contributed by atoms with E-state index in [1.54, 1.807) is 6.20 Å². The molecule has 7 nitrogen and oxygen atoms in total. The van der Waals surface area contributed by atoms with Gasteiger partial charge in [-0.15, -0.1) is 0 Å². The van der Waals surface area contributed by atoms with Crippen LogP contribution in [0.4, 0.5) is 0 Å². The van der Waals surface area contributed by atoms with Crippen LogP contribution in [0.25, 0.3) is 10.9 Å². The fourth-order valence-electron chi connectivity index (χ4n) is 3.25. The standard InChI is InChI=1S/C17H24N4O3/c1-11-4-5-14-13(6-19-20-14)15(11)16(23)18-8-17(9-22)10-24-7-12(2)21(17)3/h4-6,12,22H,7-10H2,1-3H3,(H,18,23)(H,19,20)/t12-,17+/m1/s1. The SMILES string of the molecule is Cc1ccc2[nH]ncc2c1C(=O)NC[C@]1(CO)COC[C@@H](C)N1C. The Balaban J connectivity index is 1.81. The predicted octanol–water partition coefficient (Wildman–Crippen LogP) is 0.683. The van der Waals surface area contributed by atoms with Crippen LogP contribution in [-0.4, -0.2) is 71.1 Å².